The van der Waals surface area contributed by atoms with E-state index in [-0.39, 0.29) is 18.0 Å². The number of rotatable bonds is 3. The number of alkyl carbamates (subject to hydrolysis) is 1. The largest absolute Gasteiger partial charge is 0.453 e. The number of anilines is 1. The van der Waals surface area contributed by atoms with E-state index in [0.29, 0.717) is 29.1 Å². The first kappa shape index (κ1) is 20.3. The molecule has 10 heteroatoms. The lowest BCUT2D eigenvalue weighted by molar-refractivity contribution is 0.0936. The number of hydrogen-bond donors (Lipinski definition) is 2. The number of methoxy groups -OCH3 is 2. The van der Waals surface area contributed by atoms with Crippen LogP contribution in [0.3, 0.4) is 0 Å². The summed E-state index contributed by atoms with van der Waals surface area (Å²) in [5.74, 6) is -1.06. The summed E-state index contributed by atoms with van der Waals surface area (Å²) in [6.45, 7) is 0.591. The molecule has 0 unspecified atom stereocenters. The Morgan fingerprint density at radius 2 is 1.76 bits per heavy atom. The fourth-order valence-corrected chi connectivity index (χ4v) is 4.24. The Hall–Kier alpha value is -3.40. The van der Waals surface area contributed by atoms with Gasteiger partial charge in [-0.3, -0.25) is 14.9 Å². The molecule has 29 heavy (non-hydrogen) atoms. The molecule has 0 aliphatic carbocycles. The molecule has 4 amide bonds. The molecule has 0 radical (unpaired) electrons. The van der Waals surface area contributed by atoms with E-state index in [0.717, 1.165) is 12.0 Å². The number of thiophene rings is 1. The van der Waals surface area contributed by atoms with Crippen molar-refractivity contribution in [1.29, 1.82) is 0 Å². The van der Waals surface area contributed by atoms with Gasteiger partial charge in [0, 0.05) is 17.0 Å². The van der Waals surface area contributed by atoms with Gasteiger partial charge in [-0.05, 0) is 24.1 Å². The van der Waals surface area contributed by atoms with Gasteiger partial charge in [0.2, 0.25) is 0 Å². The molecule has 0 saturated heterocycles. The van der Waals surface area contributed by atoms with Crippen LogP contribution in [0.15, 0.2) is 30.3 Å². The molecule has 2 N–H and O–H groups in total. The molecular formula is C19H19N3O6S. The normalized spacial score (nSPS) is 12.6. The molecule has 2 heterocycles. The van der Waals surface area contributed by atoms with E-state index in [1.165, 1.54) is 23.3 Å². The predicted octanol–water partition coefficient (Wildman–Crippen LogP) is 2.62. The summed E-state index contributed by atoms with van der Waals surface area (Å²) < 4.78 is 9.25. The van der Waals surface area contributed by atoms with Gasteiger partial charge in [-0.15, -0.1) is 11.3 Å². The summed E-state index contributed by atoms with van der Waals surface area (Å²) in [6.07, 6.45) is -0.992. The second-order valence-corrected chi connectivity index (χ2v) is 7.22. The predicted molar refractivity (Wildman–Crippen MR) is 105 cm³/mol. The summed E-state index contributed by atoms with van der Waals surface area (Å²) in [7, 11) is 2.45. The van der Waals surface area contributed by atoms with Gasteiger partial charge in [0.25, 0.3) is 11.8 Å². The lowest BCUT2D eigenvalue weighted by Crippen LogP contribution is -2.36. The fourth-order valence-electron chi connectivity index (χ4n) is 2.99. The standard InChI is InChI=1S/C19H19N3O6S/c1-27-18(25)21-16(24)14-12-8-9-22(19(26)28-2)10-13(12)29-17(14)20-15(23)11-6-4-3-5-7-11/h3-7H,8-10H2,1-2H3,(H,20,23)(H,21,24,25). The average molecular weight is 417 g/mol. The highest BCUT2D eigenvalue weighted by molar-refractivity contribution is 7.17. The van der Waals surface area contributed by atoms with Crippen LogP contribution in [-0.4, -0.2) is 49.7 Å². The van der Waals surface area contributed by atoms with E-state index in [1.807, 2.05) is 0 Å². The zero-order chi connectivity index (χ0) is 21.0. The van der Waals surface area contributed by atoms with Gasteiger partial charge in [-0.2, -0.15) is 0 Å². The van der Waals surface area contributed by atoms with Gasteiger partial charge in [-0.1, -0.05) is 18.2 Å². The Morgan fingerprint density at radius 3 is 2.41 bits per heavy atom. The van der Waals surface area contributed by atoms with Crippen molar-refractivity contribution < 1.29 is 28.7 Å². The molecule has 0 bridgehead atoms. The number of imide groups is 1. The minimum atomic E-state index is -0.901. The first-order valence-corrected chi connectivity index (χ1v) is 9.49. The quantitative estimate of drug-likeness (QED) is 0.794. The van der Waals surface area contributed by atoms with Crippen LogP contribution in [0.1, 0.15) is 31.2 Å². The van der Waals surface area contributed by atoms with Crippen LogP contribution in [0.25, 0.3) is 0 Å². The second kappa shape index (κ2) is 8.74. The summed E-state index contributed by atoms with van der Waals surface area (Å²) in [4.78, 5) is 50.9. The molecule has 0 atom stereocenters. The molecule has 0 saturated carbocycles. The maximum atomic E-state index is 12.7. The number of carbonyl (C=O) groups excluding carboxylic acids is 4. The first-order valence-electron chi connectivity index (χ1n) is 8.67. The lowest BCUT2D eigenvalue weighted by Gasteiger charge is -2.25. The average Bonchev–Trinajstić information content (AvgIpc) is 3.10. The maximum absolute atomic E-state index is 12.7. The third-order valence-corrected chi connectivity index (χ3v) is 5.51. The van der Waals surface area contributed by atoms with Crippen molar-refractivity contribution in [2.75, 3.05) is 26.1 Å². The molecule has 0 fully saturated rings. The van der Waals surface area contributed by atoms with Crippen molar-refractivity contribution in [2.45, 2.75) is 13.0 Å². The van der Waals surface area contributed by atoms with E-state index in [1.54, 1.807) is 30.3 Å². The van der Waals surface area contributed by atoms with Gasteiger partial charge >= 0.3 is 12.2 Å². The van der Waals surface area contributed by atoms with Crippen LogP contribution >= 0.6 is 11.3 Å². The lowest BCUT2D eigenvalue weighted by atomic mass is 10.0. The highest BCUT2D eigenvalue weighted by Crippen LogP contribution is 2.37. The molecule has 0 spiro atoms. The van der Waals surface area contributed by atoms with Crippen molar-refractivity contribution in [2.24, 2.45) is 0 Å². The molecule has 3 rings (SSSR count). The number of nitrogens with one attached hydrogen (secondary N) is 2. The van der Waals surface area contributed by atoms with E-state index in [9.17, 15) is 19.2 Å². The van der Waals surface area contributed by atoms with E-state index in [2.05, 4.69) is 15.4 Å². The van der Waals surface area contributed by atoms with Crippen molar-refractivity contribution >= 4 is 40.3 Å². The second-order valence-electron chi connectivity index (χ2n) is 6.12. The van der Waals surface area contributed by atoms with Crippen molar-refractivity contribution in [3.8, 4) is 0 Å². The Labute approximate surface area is 170 Å². The minimum absolute atomic E-state index is 0.198. The van der Waals surface area contributed by atoms with Gasteiger partial charge in [0.15, 0.2) is 0 Å². The Bertz CT molecular complexity index is 956. The number of fused-ring (bicyclic) bond motifs is 1. The third kappa shape index (κ3) is 4.37. The van der Waals surface area contributed by atoms with Gasteiger partial charge in [0.1, 0.15) is 5.00 Å². The zero-order valence-electron chi connectivity index (χ0n) is 15.8. The number of hydrogen-bond acceptors (Lipinski definition) is 7. The third-order valence-electron chi connectivity index (χ3n) is 4.38. The van der Waals surface area contributed by atoms with Crippen molar-refractivity contribution in [3.63, 3.8) is 0 Å². The van der Waals surface area contributed by atoms with Crippen molar-refractivity contribution in [3.05, 3.63) is 51.9 Å². The Morgan fingerprint density at radius 1 is 1.03 bits per heavy atom. The number of carbonyl (C=O) groups is 4. The monoisotopic (exact) mass is 417 g/mol. The fraction of sp³-hybridized carbons (Fsp3) is 0.263. The summed E-state index contributed by atoms with van der Waals surface area (Å²) in [5.41, 5.74) is 1.30. The molecule has 1 aliphatic rings. The molecule has 1 aromatic carbocycles. The molecule has 9 nitrogen and oxygen atoms in total. The summed E-state index contributed by atoms with van der Waals surface area (Å²) >= 11 is 1.19. The molecule has 2 aromatic rings. The maximum Gasteiger partial charge on any atom is 0.413 e. The molecular weight excluding hydrogens is 398 g/mol. The van der Waals surface area contributed by atoms with Crippen LogP contribution in [0, 0.1) is 0 Å². The summed E-state index contributed by atoms with van der Waals surface area (Å²) in [6, 6.07) is 8.55. The van der Waals surface area contributed by atoms with Crippen LogP contribution in [0.2, 0.25) is 0 Å². The Balaban J connectivity index is 1.95. The summed E-state index contributed by atoms with van der Waals surface area (Å²) in [5, 5.41) is 5.18. The minimum Gasteiger partial charge on any atom is -0.453 e. The topological polar surface area (TPSA) is 114 Å². The van der Waals surface area contributed by atoms with E-state index < -0.39 is 18.1 Å². The zero-order valence-corrected chi connectivity index (χ0v) is 16.6. The van der Waals surface area contributed by atoms with Crippen LogP contribution in [-0.2, 0) is 22.4 Å². The first-order chi connectivity index (χ1) is 13.9. The highest BCUT2D eigenvalue weighted by atomic mass is 32.1. The highest BCUT2D eigenvalue weighted by Gasteiger charge is 2.31. The Kier molecular flexibility index (Phi) is 6.13. The van der Waals surface area contributed by atoms with E-state index >= 15 is 0 Å². The molecule has 1 aliphatic heterocycles. The van der Waals surface area contributed by atoms with E-state index in [4.69, 9.17) is 4.74 Å². The number of nitrogens with zero attached hydrogens (tertiary/aromatic N) is 1. The van der Waals surface area contributed by atoms with Crippen molar-refractivity contribution in [1.82, 2.24) is 10.2 Å². The van der Waals surface area contributed by atoms with Crippen LogP contribution < -0.4 is 10.6 Å². The smallest absolute Gasteiger partial charge is 0.413 e. The number of amides is 4. The van der Waals surface area contributed by atoms with Gasteiger partial charge in [-0.25, -0.2) is 9.59 Å². The van der Waals surface area contributed by atoms with Gasteiger partial charge in [0.05, 0.1) is 26.3 Å². The SMILES string of the molecule is COC(=O)NC(=O)c1c(NC(=O)c2ccccc2)sc2c1CCN(C(=O)OC)C2. The molecule has 152 valence electrons. The number of ether oxygens (including phenoxy) is 2. The molecule has 1 aromatic heterocycles. The van der Waals surface area contributed by atoms with Gasteiger partial charge < -0.3 is 19.7 Å². The number of benzene rings is 1. The van der Waals surface area contributed by atoms with Crippen LogP contribution in [0.4, 0.5) is 14.6 Å². The van der Waals surface area contributed by atoms with Crippen LogP contribution in [0.5, 0.6) is 0 Å².